The number of hydrogen-bond acceptors (Lipinski definition) is 3. The van der Waals surface area contributed by atoms with E-state index < -0.39 is 23.4 Å². The molecule has 6 nitrogen and oxygen atoms in total. The van der Waals surface area contributed by atoms with E-state index >= 15 is 0 Å². The van der Waals surface area contributed by atoms with Crippen LogP contribution in [0.2, 0.25) is 0 Å². The third kappa shape index (κ3) is 3.17. The van der Waals surface area contributed by atoms with E-state index in [9.17, 15) is 14.4 Å². The predicted octanol–water partition coefficient (Wildman–Crippen LogP) is -0.164. The molecule has 92 valence electrons. The Labute approximate surface area is 97.9 Å². The van der Waals surface area contributed by atoms with E-state index in [1.54, 1.807) is 19.3 Å². The molecule has 6 heteroatoms. The van der Waals surface area contributed by atoms with Crippen LogP contribution in [0.3, 0.4) is 0 Å². The first kappa shape index (κ1) is 13.0. The van der Waals surface area contributed by atoms with Crippen molar-refractivity contribution in [3.05, 3.63) is 34.2 Å². The van der Waals surface area contributed by atoms with Gasteiger partial charge in [-0.3, -0.25) is 14.4 Å². The Morgan fingerprint density at radius 1 is 1.53 bits per heavy atom. The minimum Gasteiger partial charge on any atom is -0.481 e. The van der Waals surface area contributed by atoms with Gasteiger partial charge in [-0.05, 0) is 12.1 Å². The molecule has 1 rings (SSSR count). The Morgan fingerprint density at radius 3 is 2.76 bits per heavy atom. The summed E-state index contributed by atoms with van der Waals surface area (Å²) in [6, 6.07) is 2.99. The lowest BCUT2D eigenvalue weighted by Gasteiger charge is -2.08. The zero-order valence-corrected chi connectivity index (χ0v) is 9.64. The van der Waals surface area contributed by atoms with Crippen LogP contribution < -0.4 is 10.9 Å². The molecule has 0 spiro atoms. The Hall–Kier alpha value is -2.11. The number of amides is 1. The van der Waals surface area contributed by atoms with Gasteiger partial charge in [0.05, 0.1) is 5.92 Å². The molecule has 1 unspecified atom stereocenters. The maximum atomic E-state index is 11.6. The van der Waals surface area contributed by atoms with Crippen molar-refractivity contribution in [3.8, 4) is 0 Å². The maximum absolute atomic E-state index is 11.6. The minimum absolute atomic E-state index is 0.00703. The van der Waals surface area contributed by atoms with Crippen LogP contribution in [0, 0.1) is 5.92 Å². The maximum Gasteiger partial charge on any atom is 0.308 e. The molecule has 0 aromatic carbocycles. The molecule has 0 fully saturated rings. The molecular weight excluding hydrogens is 224 g/mol. The number of rotatable bonds is 4. The monoisotopic (exact) mass is 238 g/mol. The van der Waals surface area contributed by atoms with Gasteiger partial charge in [0, 0.05) is 19.8 Å². The smallest absolute Gasteiger partial charge is 0.308 e. The van der Waals surface area contributed by atoms with Crippen molar-refractivity contribution in [3.63, 3.8) is 0 Å². The number of nitrogens with zero attached hydrogens (tertiary/aromatic N) is 1. The number of aryl methyl sites for hydroxylation is 1. The fourth-order valence-corrected chi connectivity index (χ4v) is 1.20. The van der Waals surface area contributed by atoms with Crippen LogP contribution >= 0.6 is 0 Å². The number of carboxylic acids is 1. The highest BCUT2D eigenvalue weighted by atomic mass is 16.4. The van der Waals surface area contributed by atoms with E-state index in [1.165, 1.54) is 17.6 Å². The highest BCUT2D eigenvalue weighted by molar-refractivity contribution is 5.93. The second-order valence-electron chi connectivity index (χ2n) is 3.79. The van der Waals surface area contributed by atoms with Crippen molar-refractivity contribution in [1.82, 2.24) is 9.88 Å². The summed E-state index contributed by atoms with van der Waals surface area (Å²) >= 11 is 0. The third-order valence-corrected chi connectivity index (χ3v) is 2.36. The summed E-state index contributed by atoms with van der Waals surface area (Å²) in [7, 11) is 1.54. The van der Waals surface area contributed by atoms with E-state index in [-0.39, 0.29) is 12.1 Å². The van der Waals surface area contributed by atoms with Crippen LogP contribution in [0.15, 0.2) is 23.1 Å². The highest BCUT2D eigenvalue weighted by Crippen LogP contribution is 1.95. The number of aliphatic carboxylic acids is 1. The van der Waals surface area contributed by atoms with Crippen LogP contribution in [-0.4, -0.2) is 28.1 Å². The molecule has 1 heterocycles. The Morgan fingerprint density at radius 2 is 2.18 bits per heavy atom. The number of pyridine rings is 1. The van der Waals surface area contributed by atoms with Crippen molar-refractivity contribution in [1.29, 1.82) is 0 Å². The summed E-state index contributed by atoms with van der Waals surface area (Å²) in [5.74, 6) is -2.24. The lowest BCUT2D eigenvalue weighted by molar-refractivity contribution is -0.140. The molecule has 0 radical (unpaired) electrons. The zero-order chi connectivity index (χ0) is 13.0. The molecule has 0 saturated carbocycles. The van der Waals surface area contributed by atoms with Crippen molar-refractivity contribution >= 4 is 11.9 Å². The normalized spacial score (nSPS) is 11.9. The van der Waals surface area contributed by atoms with Gasteiger partial charge in [-0.2, -0.15) is 0 Å². The molecule has 1 atom stereocenters. The molecular formula is C11H14N2O4. The average Bonchev–Trinajstić information content (AvgIpc) is 2.29. The lowest BCUT2D eigenvalue weighted by atomic mass is 10.2. The fraction of sp³-hybridized carbons (Fsp3) is 0.364. The largest absolute Gasteiger partial charge is 0.481 e. The molecule has 17 heavy (non-hydrogen) atoms. The molecule has 0 saturated heterocycles. The van der Waals surface area contributed by atoms with E-state index in [0.717, 1.165) is 0 Å². The fourth-order valence-electron chi connectivity index (χ4n) is 1.20. The quantitative estimate of drug-likeness (QED) is 0.762. The minimum atomic E-state index is -0.994. The summed E-state index contributed by atoms with van der Waals surface area (Å²) in [4.78, 5) is 33.8. The predicted molar refractivity (Wildman–Crippen MR) is 60.8 cm³/mol. The number of carbonyl (C=O) groups is 2. The van der Waals surface area contributed by atoms with Gasteiger partial charge >= 0.3 is 5.97 Å². The van der Waals surface area contributed by atoms with Gasteiger partial charge in [-0.1, -0.05) is 6.92 Å². The second kappa shape index (κ2) is 5.29. The van der Waals surface area contributed by atoms with Gasteiger partial charge in [-0.25, -0.2) is 0 Å². The molecule has 0 bridgehead atoms. The summed E-state index contributed by atoms with van der Waals surface area (Å²) in [6.45, 7) is 1.47. The van der Waals surface area contributed by atoms with Crippen molar-refractivity contribution < 1.29 is 14.7 Å². The number of carbonyl (C=O) groups excluding carboxylic acids is 1. The van der Waals surface area contributed by atoms with Gasteiger partial charge < -0.3 is 15.0 Å². The summed E-state index contributed by atoms with van der Waals surface area (Å²) < 4.78 is 1.29. The van der Waals surface area contributed by atoms with Crippen molar-refractivity contribution in [2.24, 2.45) is 13.0 Å². The van der Waals surface area contributed by atoms with Gasteiger partial charge in [0.25, 0.3) is 11.5 Å². The molecule has 1 amide bonds. The summed E-state index contributed by atoms with van der Waals surface area (Å²) in [6.07, 6.45) is 1.54. The first-order valence-electron chi connectivity index (χ1n) is 5.10. The van der Waals surface area contributed by atoms with E-state index in [1.807, 2.05) is 0 Å². The first-order valence-corrected chi connectivity index (χ1v) is 5.10. The van der Waals surface area contributed by atoms with Gasteiger partial charge in [0.15, 0.2) is 0 Å². The molecule has 0 aliphatic heterocycles. The number of nitrogens with one attached hydrogen (secondary N) is 1. The van der Waals surface area contributed by atoms with Crippen LogP contribution in [0.25, 0.3) is 0 Å². The van der Waals surface area contributed by atoms with Crippen LogP contribution in [0.5, 0.6) is 0 Å². The number of aromatic nitrogens is 1. The van der Waals surface area contributed by atoms with E-state index in [4.69, 9.17) is 5.11 Å². The van der Waals surface area contributed by atoms with Crippen molar-refractivity contribution in [2.75, 3.05) is 6.54 Å². The lowest BCUT2D eigenvalue weighted by Crippen LogP contribution is -2.35. The van der Waals surface area contributed by atoms with Crippen molar-refractivity contribution in [2.45, 2.75) is 6.92 Å². The van der Waals surface area contributed by atoms with E-state index in [0.29, 0.717) is 0 Å². The van der Waals surface area contributed by atoms with Gasteiger partial charge in [-0.15, -0.1) is 0 Å². The van der Waals surface area contributed by atoms with E-state index in [2.05, 4.69) is 5.32 Å². The third-order valence-electron chi connectivity index (χ3n) is 2.36. The standard InChI is InChI=1S/C11H14N2O4/c1-7(11(16)17)6-12-9(14)8-4-3-5-13(2)10(8)15/h3-5,7H,6H2,1-2H3,(H,12,14)(H,16,17). The summed E-state index contributed by atoms with van der Waals surface area (Å²) in [5.41, 5.74) is -0.402. The topological polar surface area (TPSA) is 88.4 Å². The molecule has 1 aromatic heterocycles. The van der Waals surface area contributed by atoms with Crippen LogP contribution in [0.4, 0.5) is 0 Å². The van der Waals surface area contributed by atoms with Crippen LogP contribution in [0.1, 0.15) is 17.3 Å². The molecule has 2 N–H and O–H groups in total. The van der Waals surface area contributed by atoms with Crippen LogP contribution in [-0.2, 0) is 11.8 Å². The average molecular weight is 238 g/mol. The Bertz CT molecular complexity index is 492. The molecule has 0 aliphatic carbocycles. The first-order chi connectivity index (χ1) is 7.93. The Balaban J connectivity index is 2.75. The Kier molecular flexibility index (Phi) is 4.03. The zero-order valence-electron chi connectivity index (χ0n) is 9.64. The van der Waals surface area contributed by atoms with Gasteiger partial charge in [0.1, 0.15) is 5.56 Å². The summed E-state index contributed by atoms with van der Waals surface area (Å²) in [5, 5.41) is 11.1. The number of hydrogen-bond donors (Lipinski definition) is 2. The highest BCUT2D eigenvalue weighted by Gasteiger charge is 2.15. The molecule has 0 aliphatic rings. The second-order valence-corrected chi connectivity index (χ2v) is 3.79. The molecule has 1 aromatic rings. The number of carboxylic acid groups (broad SMARTS) is 1. The SMILES string of the molecule is CC(CNC(=O)c1cccn(C)c1=O)C(=O)O. The van der Waals surface area contributed by atoms with Gasteiger partial charge in [0.2, 0.25) is 0 Å².